The summed E-state index contributed by atoms with van der Waals surface area (Å²) in [6, 6.07) is 7.98. The van der Waals surface area contributed by atoms with Gasteiger partial charge in [-0.25, -0.2) is 0 Å². The number of hydrogen-bond acceptors (Lipinski definition) is 2. The molecule has 0 saturated carbocycles. The van der Waals surface area contributed by atoms with Crippen molar-refractivity contribution in [1.29, 1.82) is 0 Å². The van der Waals surface area contributed by atoms with Gasteiger partial charge in [-0.15, -0.1) is 0 Å². The van der Waals surface area contributed by atoms with Gasteiger partial charge in [0.25, 0.3) is 0 Å². The summed E-state index contributed by atoms with van der Waals surface area (Å²) < 4.78 is 7.00. The highest BCUT2D eigenvalue weighted by Gasteiger charge is 2.14. The molecule has 1 atom stereocenters. The first-order valence-electron chi connectivity index (χ1n) is 6.08. The largest absolute Gasteiger partial charge is 0.489 e. The van der Waals surface area contributed by atoms with Gasteiger partial charge >= 0.3 is 0 Å². The molecule has 0 aliphatic heterocycles. The van der Waals surface area contributed by atoms with Crippen LogP contribution >= 0.6 is 15.9 Å². The smallest absolute Gasteiger partial charge is 0.120 e. The Hall–Kier alpha value is -0.540. The molecule has 0 fully saturated rings. The second kappa shape index (κ2) is 6.41. The van der Waals surface area contributed by atoms with Crippen molar-refractivity contribution in [3.8, 4) is 5.75 Å². The maximum atomic E-state index is 5.95. The Labute approximate surface area is 113 Å². The van der Waals surface area contributed by atoms with Gasteiger partial charge in [0.05, 0.1) is 0 Å². The topological polar surface area (TPSA) is 21.3 Å². The third-order valence-electron chi connectivity index (χ3n) is 2.41. The van der Waals surface area contributed by atoms with Crippen LogP contribution in [0.25, 0.3) is 0 Å². The van der Waals surface area contributed by atoms with E-state index in [2.05, 4.69) is 48.9 Å². The van der Waals surface area contributed by atoms with E-state index >= 15 is 0 Å². The number of benzene rings is 1. The molecule has 0 amide bonds. The average Bonchev–Trinajstić information content (AvgIpc) is 2.23. The van der Waals surface area contributed by atoms with Gasteiger partial charge in [0, 0.05) is 16.6 Å². The van der Waals surface area contributed by atoms with Gasteiger partial charge in [-0.3, -0.25) is 0 Å². The van der Waals surface area contributed by atoms with Crippen LogP contribution in [0.2, 0.25) is 0 Å². The third-order valence-corrected chi connectivity index (χ3v) is 2.91. The van der Waals surface area contributed by atoms with Crippen LogP contribution in [0.3, 0.4) is 0 Å². The van der Waals surface area contributed by atoms with Crippen LogP contribution < -0.4 is 10.1 Å². The van der Waals surface area contributed by atoms with E-state index in [1.165, 1.54) is 0 Å². The summed E-state index contributed by atoms with van der Waals surface area (Å²) in [5, 5.41) is 3.47. The summed E-state index contributed by atoms with van der Waals surface area (Å²) in [5.41, 5.74) is 0.133. The highest BCUT2D eigenvalue weighted by atomic mass is 79.9. The predicted molar refractivity (Wildman–Crippen MR) is 76.6 cm³/mol. The first-order valence-corrected chi connectivity index (χ1v) is 6.87. The molecule has 96 valence electrons. The molecule has 17 heavy (non-hydrogen) atoms. The molecule has 1 N–H and O–H groups in total. The van der Waals surface area contributed by atoms with Crippen LogP contribution in [0, 0.1) is 0 Å². The fourth-order valence-electron chi connectivity index (χ4n) is 1.42. The molecule has 0 saturated heterocycles. The summed E-state index contributed by atoms with van der Waals surface area (Å²) >= 11 is 3.45. The molecule has 0 heterocycles. The van der Waals surface area contributed by atoms with Gasteiger partial charge in [-0.1, -0.05) is 28.9 Å². The molecule has 0 aliphatic carbocycles. The standard InChI is InChI=1S/C14H22BrNO/c1-5-12(10-16-14(2,3)4)17-13-8-6-7-11(15)9-13/h6-9,12,16H,5,10H2,1-4H3. The second-order valence-corrected chi connectivity index (χ2v) is 6.15. The van der Waals surface area contributed by atoms with Crippen LogP contribution in [-0.2, 0) is 0 Å². The van der Waals surface area contributed by atoms with E-state index in [-0.39, 0.29) is 11.6 Å². The summed E-state index contributed by atoms with van der Waals surface area (Å²) in [6.45, 7) is 9.51. The fraction of sp³-hybridized carbons (Fsp3) is 0.571. The van der Waals surface area contributed by atoms with Crippen molar-refractivity contribution in [2.45, 2.75) is 45.8 Å². The lowest BCUT2D eigenvalue weighted by atomic mass is 10.1. The van der Waals surface area contributed by atoms with Crippen LogP contribution in [0.1, 0.15) is 34.1 Å². The molecular formula is C14H22BrNO. The Morgan fingerprint density at radius 3 is 2.59 bits per heavy atom. The molecule has 1 aromatic rings. The number of ether oxygens (including phenoxy) is 1. The highest BCUT2D eigenvalue weighted by Crippen LogP contribution is 2.19. The van der Waals surface area contributed by atoms with E-state index in [1.54, 1.807) is 0 Å². The maximum absolute atomic E-state index is 5.95. The summed E-state index contributed by atoms with van der Waals surface area (Å²) in [7, 11) is 0. The van der Waals surface area contributed by atoms with Crippen molar-refractivity contribution in [3.05, 3.63) is 28.7 Å². The van der Waals surface area contributed by atoms with Gasteiger partial charge in [-0.2, -0.15) is 0 Å². The van der Waals surface area contributed by atoms with E-state index in [4.69, 9.17) is 4.74 Å². The number of halogens is 1. The van der Waals surface area contributed by atoms with Crippen molar-refractivity contribution in [1.82, 2.24) is 5.32 Å². The summed E-state index contributed by atoms with van der Waals surface area (Å²) in [5.74, 6) is 0.918. The molecular weight excluding hydrogens is 278 g/mol. The predicted octanol–water partition coefficient (Wildman–Crippen LogP) is 3.99. The minimum atomic E-state index is 0.133. The minimum absolute atomic E-state index is 0.133. The number of nitrogens with one attached hydrogen (secondary N) is 1. The molecule has 0 radical (unpaired) electrons. The van der Waals surface area contributed by atoms with Crippen molar-refractivity contribution in [2.24, 2.45) is 0 Å². The quantitative estimate of drug-likeness (QED) is 0.887. The van der Waals surface area contributed by atoms with Crippen molar-refractivity contribution < 1.29 is 4.74 Å². The Kier molecular flexibility index (Phi) is 5.47. The third kappa shape index (κ3) is 6.08. The van der Waals surface area contributed by atoms with Crippen LogP contribution in [0.5, 0.6) is 5.75 Å². The Morgan fingerprint density at radius 1 is 1.35 bits per heavy atom. The van der Waals surface area contributed by atoms with Crippen molar-refractivity contribution >= 4 is 15.9 Å². The molecule has 1 rings (SSSR count). The van der Waals surface area contributed by atoms with Gasteiger partial charge in [0.2, 0.25) is 0 Å². The number of hydrogen-bond donors (Lipinski definition) is 1. The van der Waals surface area contributed by atoms with E-state index in [9.17, 15) is 0 Å². The van der Waals surface area contributed by atoms with Crippen molar-refractivity contribution in [2.75, 3.05) is 6.54 Å². The maximum Gasteiger partial charge on any atom is 0.120 e. The SMILES string of the molecule is CCC(CNC(C)(C)C)Oc1cccc(Br)c1. The summed E-state index contributed by atoms with van der Waals surface area (Å²) in [4.78, 5) is 0. The Bertz CT molecular complexity index is 346. The van der Waals surface area contributed by atoms with Gasteiger partial charge in [0.1, 0.15) is 11.9 Å². The molecule has 1 aromatic carbocycles. The number of rotatable bonds is 5. The van der Waals surface area contributed by atoms with E-state index in [0.29, 0.717) is 0 Å². The lowest BCUT2D eigenvalue weighted by Gasteiger charge is -2.25. The van der Waals surface area contributed by atoms with Gasteiger partial charge < -0.3 is 10.1 Å². The second-order valence-electron chi connectivity index (χ2n) is 5.24. The molecule has 0 aromatic heterocycles. The van der Waals surface area contributed by atoms with Crippen molar-refractivity contribution in [3.63, 3.8) is 0 Å². The first-order chi connectivity index (χ1) is 7.90. The zero-order chi connectivity index (χ0) is 12.9. The molecule has 1 unspecified atom stereocenters. The Balaban J connectivity index is 2.52. The van der Waals surface area contributed by atoms with Crippen LogP contribution in [0.4, 0.5) is 0 Å². The highest BCUT2D eigenvalue weighted by molar-refractivity contribution is 9.10. The summed E-state index contributed by atoms with van der Waals surface area (Å²) in [6.07, 6.45) is 1.21. The monoisotopic (exact) mass is 299 g/mol. The lowest BCUT2D eigenvalue weighted by molar-refractivity contribution is 0.181. The molecule has 2 nitrogen and oxygen atoms in total. The minimum Gasteiger partial charge on any atom is -0.489 e. The molecule has 0 bridgehead atoms. The lowest BCUT2D eigenvalue weighted by Crippen LogP contribution is -2.42. The van der Waals surface area contributed by atoms with Crippen LogP contribution in [-0.4, -0.2) is 18.2 Å². The zero-order valence-corrected chi connectivity index (χ0v) is 12.7. The van der Waals surface area contributed by atoms with Gasteiger partial charge in [0.15, 0.2) is 0 Å². The zero-order valence-electron chi connectivity index (χ0n) is 11.1. The average molecular weight is 300 g/mol. The van der Waals surface area contributed by atoms with E-state index < -0.39 is 0 Å². The van der Waals surface area contributed by atoms with Crippen LogP contribution in [0.15, 0.2) is 28.7 Å². The van der Waals surface area contributed by atoms with E-state index in [0.717, 1.165) is 23.2 Å². The molecule has 0 aliphatic rings. The fourth-order valence-corrected chi connectivity index (χ4v) is 1.80. The molecule has 0 spiro atoms. The Morgan fingerprint density at radius 2 is 2.06 bits per heavy atom. The van der Waals surface area contributed by atoms with E-state index in [1.807, 2.05) is 24.3 Å². The normalized spacial score (nSPS) is 13.5. The first kappa shape index (κ1) is 14.5. The molecule has 3 heteroatoms. The van der Waals surface area contributed by atoms with Gasteiger partial charge in [-0.05, 0) is 45.4 Å².